The quantitative estimate of drug-likeness (QED) is 0.779. The van der Waals surface area contributed by atoms with E-state index in [-0.39, 0.29) is 0 Å². The van der Waals surface area contributed by atoms with Crippen LogP contribution in [0.1, 0.15) is 19.4 Å². The van der Waals surface area contributed by atoms with Crippen molar-refractivity contribution in [3.8, 4) is 0 Å². The van der Waals surface area contributed by atoms with Gasteiger partial charge in [-0.25, -0.2) is 0 Å². The van der Waals surface area contributed by atoms with Crippen molar-refractivity contribution in [2.75, 3.05) is 13.1 Å². The molecule has 0 heterocycles. The van der Waals surface area contributed by atoms with Gasteiger partial charge in [0.15, 0.2) is 0 Å². The molecule has 0 aromatic heterocycles. The van der Waals surface area contributed by atoms with Gasteiger partial charge in [-0.2, -0.15) is 0 Å². The smallest absolute Gasteiger partial charge is 0.0453 e. The van der Waals surface area contributed by atoms with Crippen LogP contribution >= 0.6 is 23.2 Å². The summed E-state index contributed by atoms with van der Waals surface area (Å²) in [5.41, 5.74) is 1.15. The topological polar surface area (TPSA) is 12.0 Å². The summed E-state index contributed by atoms with van der Waals surface area (Å²) in [6.45, 7) is 6.40. The maximum absolute atomic E-state index is 6.06. The lowest BCUT2D eigenvalue weighted by molar-refractivity contribution is 0.554. The molecule has 0 saturated heterocycles. The summed E-state index contributed by atoms with van der Waals surface area (Å²) in [4.78, 5) is 0. The Morgan fingerprint density at radius 2 is 2.00 bits per heavy atom. The molecule has 3 heteroatoms. The van der Waals surface area contributed by atoms with Gasteiger partial charge in [0.1, 0.15) is 0 Å². The minimum Gasteiger partial charge on any atom is -0.316 e. The lowest BCUT2D eigenvalue weighted by Gasteiger charge is -2.08. The first-order chi connectivity index (χ1) is 7.09. The molecule has 1 aromatic carbocycles. The highest BCUT2D eigenvalue weighted by Gasteiger charge is 2.01. The van der Waals surface area contributed by atoms with Crippen molar-refractivity contribution in [3.05, 3.63) is 33.8 Å². The van der Waals surface area contributed by atoms with E-state index in [9.17, 15) is 0 Å². The highest BCUT2D eigenvalue weighted by molar-refractivity contribution is 6.35. The summed E-state index contributed by atoms with van der Waals surface area (Å²) in [5.74, 6) is 0.686. The number of hydrogen-bond donors (Lipinski definition) is 1. The summed E-state index contributed by atoms with van der Waals surface area (Å²) in [6.07, 6.45) is 0.947. The van der Waals surface area contributed by atoms with Gasteiger partial charge in [0.05, 0.1) is 0 Å². The molecule has 1 rings (SSSR count). The molecule has 0 aliphatic rings. The highest BCUT2D eigenvalue weighted by Crippen LogP contribution is 2.20. The second-order valence-electron chi connectivity index (χ2n) is 4.08. The molecule has 0 spiro atoms. The molecule has 84 valence electrons. The van der Waals surface area contributed by atoms with Crippen LogP contribution in [-0.2, 0) is 6.42 Å². The summed E-state index contributed by atoms with van der Waals surface area (Å²) in [6, 6.07) is 5.66. The van der Waals surface area contributed by atoms with Crippen LogP contribution in [0.2, 0.25) is 10.0 Å². The van der Waals surface area contributed by atoms with E-state index in [2.05, 4.69) is 19.2 Å². The van der Waals surface area contributed by atoms with Crippen LogP contribution in [-0.4, -0.2) is 13.1 Å². The van der Waals surface area contributed by atoms with Gasteiger partial charge in [-0.1, -0.05) is 43.1 Å². The van der Waals surface area contributed by atoms with Crippen molar-refractivity contribution < 1.29 is 0 Å². The Morgan fingerprint density at radius 1 is 1.27 bits per heavy atom. The van der Waals surface area contributed by atoms with Gasteiger partial charge < -0.3 is 5.32 Å². The van der Waals surface area contributed by atoms with Crippen molar-refractivity contribution in [2.45, 2.75) is 20.3 Å². The number of nitrogens with one attached hydrogen (secondary N) is 1. The first-order valence-corrected chi connectivity index (χ1v) is 6.00. The van der Waals surface area contributed by atoms with E-state index in [1.807, 2.05) is 12.1 Å². The Kier molecular flexibility index (Phi) is 5.44. The third-order valence-electron chi connectivity index (χ3n) is 2.14. The van der Waals surface area contributed by atoms with Crippen molar-refractivity contribution in [2.24, 2.45) is 5.92 Å². The Hall–Kier alpha value is -0.240. The van der Waals surface area contributed by atoms with E-state index >= 15 is 0 Å². The Labute approximate surface area is 102 Å². The molecule has 0 atom stereocenters. The van der Waals surface area contributed by atoms with Crippen LogP contribution < -0.4 is 5.32 Å². The molecular weight excluding hydrogens is 229 g/mol. The lowest BCUT2D eigenvalue weighted by Crippen LogP contribution is -2.22. The van der Waals surface area contributed by atoms with Gasteiger partial charge >= 0.3 is 0 Å². The highest BCUT2D eigenvalue weighted by atomic mass is 35.5. The van der Waals surface area contributed by atoms with E-state index < -0.39 is 0 Å². The number of hydrogen-bond acceptors (Lipinski definition) is 1. The average molecular weight is 246 g/mol. The third-order valence-corrected chi connectivity index (χ3v) is 2.73. The molecule has 0 aliphatic carbocycles. The monoisotopic (exact) mass is 245 g/mol. The first kappa shape index (κ1) is 12.8. The van der Waals surface area contributed by atoms with Gasteiger partial charge in [0.2, 0.25) is 0 Å². The minimum absolute atomic E-state index is 0.686. The molecule has 0 bridgehead atoms. The SMILES string of the molecule is CC(C)CNCCc1ccc(Cl)cc1Cl. The predicted octanol–water partition coefficient (Wildman–Crippen LogP) is 3.78. The number of rotatable bonds is 5. The normalized spacial score (nSPS) is 11.0. The zero-order chi connectivity index (χ0) is 11.3. The van der Waals surface area contributed by atoms with Crippen LogP contribution in [0, 0.1) is 5.92 Å². The largest absolute Gasteiger partial charge is 0.316 e. The molecule has 1 nitrogen and oxygen atoms in total. The predicted molar refractivity (Wildman–Crippen MR) is 67.9 cm³/mol. The van der Waals surface area contributed by atoms with Crippen LogP contribution in [0.3, 0.4) is 0 Å². The molecular formula is C12H17Cl2N. The van der Waals surface area contributed by atoms with Crippen LogP contribution in [0.15, 0.2) is 18.2 Å². The molecule has 0 amide bonds. The van der Waals surface area contributed by atoms with Gasteiger partial charge in [-0.3, -0.25) is 0 Å². The van der Waals surface area contributed by atoms with Crippen molar-refractivity contribution in [3.63, 3.8) is 0 Å². The maximum atomic E-state index is 6.06. The Bertz CT molecular complexity index is 310. The summed E-state index contributed by atoms with van der Waals surface area (Å²) in [5, 5.41) is 4.84. The molecule has 0 unspecified atom stereocenters. The first-order valence-electron chi connectivity index (χ1n) is 5.24. The van der Waals surface area contributed by atoms with E-state index in [0.29, 0.717) is 10.9 Å². The Morgan fingerprint density at radius 3 is 2.60 bits per heavy atom. The van der Waals surface area contributed by atoms with Gasteiger partial charge in [-0.15, -0.1) is 0 Å². The molecule has 1 N–H and O–H groups in total. The molecule has 0 fully saturated rings. The number of benzene rings is 1. The number of halogens is 2. The second-order valence-corrected chi connectivity index (χ2v) is 4.93. The van der Waals surface area contributed by atoms with Gasteiger partial charge in [0.25, 0.3) is 0 Å². The minimum atomic E-state index is 0.686. The average Bonchev–Trinajstić information content (AvgIpc) is 2.14. The zero-order valence-corrected chi connectivity index (χ0v) is 10.7. The molecule has 0 radical (unpaired) electrons. The van der Waals surface area contributed by atoms with E-state index in [4.69, 9.17) is 23.2 Å². The fraction of sp³-hybridized carbons (Fsp3) is 0.500. The summed E-state index contributed by atoms with van der Waals surface area (Å²) in [7, 11) is 0. The van der Waals surface area contributed by atoms with Crippen LogP contribution in [0.5, 0.6) is 0 Å². The van der Waals surface area contributed by atoms with E-state index in [1.54, 1.807) is 6.07 Å². The van der Waals surface area contributed by atoms with E-state index in [1.165, 1.54) is 0 Å². The summed E-state index contributed by atoms with van der Waals surface area (Å²) >= 11 is 11.9. The molecule has 0 saturated carbocycles. The maximum Gasteiger partial charge on any atom is 0.0453 e. The summed E-state index contributed by atoms with van der Waals surface area (Å²) < 4.78 is 0. The van der Waals surface area contributed by atoms with Crippen molar-refractivity contribution in [1.82, 2.24) is 5.32 Å². The fourth-order valence-electron chi connectivity index (χ4n) is 1.34. The van der Waals surface area contributed by atoms with Crippen molar-refractivity contribution >= 4 is 23.2 Å². The van der Waals surface area contributed by atoms with E-state index in [0.717, 1.165) is 30.1 Å². The fourth-order valence-corrected chi connectivity index (χ4v) is 1.84. The molecule has 0 aliphatic heterocycles. The molecule has 1 aromatic rings. The standard InChI is InChI=1S/C12H17Cl2N/c1-9(2)8-15-6-5-10-3-4-11(13)7-12(10)14/h3-4,7,9,15H,5-6,8H2,1-2H3. The van der Waals surface area contributed by atoms with Crippen molar-refractivity contribution in [1.29, 1.82) is 0 Å². The third kappa shape index (κ3) is 4.87. The molecule has 15 heavy (non-hydrogen) atoms. The lowest BCUT2D eigenvalue weighted by atomic mass is 10.1. The van der Waals surface area contributed by atoms with Gasteiger partial charge in [-0.05, 0) is 43.1 Å². The second kappa shape index (κ2) is 6.37. The van der Waals surface area contributed by atoms with Crippen LogP contribution in [0.25, 0.3) is 0 Å². The zero-order valence-electron chi connectivity index (χ0n) is 9.19. The Balaban J connectivity index is 2.37. The van der Waals surface area contributed by atoms with Crippen LogP contribution in [0.4, 0.5) is 0 Å². The van der Waals surface area contributed by atoms with Gasteiger partial charge in [0, 0.05) is 10.0 Å².